The van der Waals surface area contributed by atoms with Crippen LogP contribution in [0.15, 0.2) is 4.52 Å². The van der Waals surface area contributed by atoms with Crippen molar-refractivity contribution in [3.63, 3.8) is 0 Å². The van der Waals surface area contributed by atoms with E-state index in [9.17, 15) is 14.7 Å². The Morgan fingerprint density at radius 2 is 2.10 bits per heavy atom. The van der Waals surface area contributed by atoms with Crippen LogP contribution < -0.4 is 0 Å². The highest BCUT2D eigenvalue weighted by atomic mass is 16.5. The molecule has 1 aliphatic rings. The van der Waals surface area contributed by atoms with Crippen LogP contribution in [0.25, 0.3) is 0 Å². The lowest BCUT2D eigenvalue weighted by molar-refractivity contribution is -0.151. The third-order valence-electron chi connectivity index (χ3n) is 4.04. The number of hydrogen-bond donors (Lipinski definition) is 1. The molecule has 2 rings (SSSR count). The minimum Gasteiger partial charge on any atom is -0.480 e. The van der Waals surface area contributed by atoms with Crippen LogP contribution in [0.4, 0.5) is 0 Å². The molecule has 6 nitrogen and oxygen atoms in total. The average Bonchev–Trinajstić information content (AvgIpc) is 2.88. The summed E-state index contributed by atoms with van der Waals surface area (Å²) in [6, 6.07) is -0.693. The topological polar surface area (TPSA) is 83.6 Å². The monoisotopic (exact) mass is 294 g/mol. The number of aromatic nitrogens is 1. The fraction of sp³-hybridized carbons (Fsp3) is 0.667. The molecule has 0 unspecified atom stereocenters. The highest BCUT2D eigenvalue weighted by Gasteiger charge is 2.32. The first-order valence-electron chi connectivity index (χ1n) is 7.57. The summed E-state index contributed by atoms with van der Waals surface area (Å²) in [4.78, 5) is 25.3. The molecule has 1 amide bonds. The van der Waals surface area contributed by atoms with Crippen molar-refractivity contribution >= 4 is 11.9 Å². The van der Waals surface area contributed by atoms with Gasteiger partial charge in [-0.3, -0.25) is 4.79 Å². The summed E-state index contributed by atoms with van der Waals surface area (Å²) in [5.41, 5.74) is 1.63. The molecule has 1 aromatic heterocycles. The lowest BCUT2D eigenvalue weighted by Crippen LogP contribution is -2.48. The van der Waals surface area contributed by atoms with Gasteiger partial charge < -0.3 is 14.5 Å². The lowest BCUT2D eigenvalue weighted by atomic mass is 10.00. The van der Waals surface area contributed by atoms with Gasteiger partial charge in [0, 0.05) is 18.5 Å². The van der Waals surface area contributed by atoms with Crippen molar-refractivity contribution < 1.29 is 19.2 Å². The number of piperidine rings is 1. The molecule has 116 valence electrons. The van der Waals surface area contributed by atoms with E-state index in [2.05, 4.69) is 5.16 Å². The fourth-order valence-electron chi connectivity index (χ4n) is 2.88. The van der Waals surface area contributed by atoms with Gasteiger partial charge in [-0.2, -0.15) is 0 Å². The minimum atomic E-state index is -0.917. The number of carboxylic acids is 1. The van der Waals surface area contributed by atoms with Gasteiger partial charge in [-0.15, -0.1) is 0 Å². The van der Waals surface area contributed by atoms with E-state index in [-0.39, 0.29) is 12.3 Å². The quantitative estimate of drug-likeness (QED) is 0.895. The molecule has 0 radical (unpaired) electrons. The fourth-order valence-corrected chi connectivity index (χ4v) is 2.88. The van der Waals surface area contributed by atoms with Gasteiger partial charge in [0.1, 0.15) is 11.8 Å². The molecular formula is C15H22N2O4. The predicted molar refractivity (Wildman–Crippen MR) is 76.0 cm³/mol. The van der Waals surface area contributed by atoms with Crippen LogP contribution in [0.2, 0.25) is 0 Å². The molecule has 0 saturated carbocycles. The van der Waals surface area contributed by atoms with Gasteiger partial charge >= 0.3 is 5.97 Å². The summed E-state index contributed by atoms with van der Waals surface area (Å²) in [6.45, 7) is 4.44. The maximum atomic E-state index is 12.5. The summed E-state index contributed by atoms with van der Waals surface area (Å²) < 4.78 is 5.26. The maximum Gasteiger partial charge on any atom is 0.326 e. The average molecular weight is 294 g/mol. The molecule has 21 heavy (non-hydrogen) atoms. The molecule has 1 N–H and O–H groups in total. The van der Waals surface area contributed by atoms with E-state index in [0.29, 0.717) is 25.8 Å². The molecule has 0 aliphatic carbocycles. The number of rotatable bonds is 5. The zero-order valence-electron chi connectivity index (χ0n) is 12.6. The number of carboxylic acid groups (broad SMARTS) is 1. The largest absolute Gasteiger partial charge is 0.480 e. The Labute approximate surface area is 124 Å². The van der Waals surface area contributed by atoms with E-state index in [1.54, 1.807) is 0 Å². The van der Waals surface area contributed by atoms with E-state index >= 15 is 0 Å². The number of carbonyl (C=O) groups is 2. The van der Waals surface area contributed by atoms with Gasteiger partial charge in [-0.25, -0.2) is 4.79 Å². The molecule has 1 fully saturated rings. The number of likely N-dealkylation sites (tertiary alicyclic amines) is 1. The molecule has 2 heterocycles. The molecule has 0 spiro atoms. The van der Waals surface area contributed by atoms with Gasteiger partial charge in [0.15, 0.2) is 0 Å². The van der Waals surface area contributed by atoms with Crippen LogP contribution in [0.3, 0.4) is 0 Å². The van der Waals surface area contributed by atoms with Crippen molar-refractivity contribution in [3.05, 3.63) is 17.0 Å². The second-order valence-electron chi connectivity index (χ2n) is 5.35. The van der Waals surface area contributed by atoms with E-state index in [0.717, 1.165) is 29.9 Å². The number of hydrogen-bond acceptors (Lipinski definition) is 4. The molecule has 0 aromatic carbocycles. The number of amides is 1. The van der Waals surface area contributed by atoms with E-state index in [4.69, 9.17) is 4.52 Å². The third kappa shape index (κ3) is 3.25. The Kier molecular flexibility index (Phi) is 4.98. The SMILES string of the molecule is CCc1noc(CC)c1CC(=O)N1CCCC[C@H]1C(=O)O. The van der Waals surface area contributed by atoms with Crippen LogP contribution in [-0.4, -0.2) is 39.6 Å². The van der Waals surface area contributed by atoms with Crippen LogP contribution >= 0.6 is 0 Å². The third-order valence-corrected chi connectivity index (χ3v) is 4.04. The van der Waals surface area contributed by atoms with Gasteiger partial charge in [-0.05, 0) is 25.7 Å². The first-order chi connectivity index (χ1) is 10.1. The van der Waals surface area contributed by atoms with Gasteiger partial charge in [0.05, 0.1) is 12.1 Å². The number of aryl methyl sites for hydroxylation is 2. The second kappa shape index (κ2) is 6.74. The lowest BCUT2D eigenvalue weighted by Gasteiger charge is -2.33. The second-order valence-corrected chi connectivity index (χ2v) is 5.35. The van der Waals surface area contributed by atoms with Crippen LogP contribution in [0.1, 0.15) is 50.1 Å². The van der Waals surface area contributed by atoms with Crippen molar-refractivity contribution in [3.8, 4) is 0 Å². The van der Waals surface area contributed by atoms with Gasteiger partial charge in [-0.1, -0.05) is 19.0 Å². The van der Waals surface area contributed by atoms with E-state index < -0.39 is 12.0 Å². The zero-order valence-corrected chi connectivity index (χ0v) is 12.6. The first-order valence-corrected chi connectivity index (χ1v) is 7.57. The summed E-state index contributed by atoms with van der Waals surface area (Å²) in [6.07, 6.45) is 3.81. The summed E-state index contributed by atoms with van der Waals surface area (Å²) in [7, 11) is 0. The van der Waals surface area contributed by atoms with Crippen molar-refractivity contribution in [2.24, 2.45) is 0 Å². The van der Waals surface area contributed by atoms with E-state index in [1.807, 2.05) is 13.8 Å². The number of aliphatic carboxylic acids is 1. The van der Waals surface area contributed by atoms with Crippen molar-refractivity contribution in [2.45, 2.75) is 58.4 Å². The van der Waals surface area contributed by atoms with Crippen LogP contribution in [-0.2, 0) is 28.9 Å². The van der Waals surface area contributed by atoms with Crippen LogP contribution in [0, 0.1) is 0 Å². The number of nitrogens with zero attached hydrogens (tertiary/aromatic N) is 2. The molecular weight excluding hydrogens is 272 g/mol. The molecule has 1 atom stereocenters. The first kappa shape index (κ1) is 15.5. The van der Waals surface area contributed by atoms with Crippen LogP contribution in [0.5, 0.6) is 0 Å². The summed E-state index contributed by atoms with van der Waals surface area (Å²) >= 11 is 0. The zero-order chi connectivity index (χ0) is 15.4. The standard InChI is InChI=1S/C15H22N2O4/c1-3-11-10(13(4-2)21-16-11)9-14(18)17-8-6-5-7-12(17)15(19)20/h12H,3-9H2,1-2H3,(H,19,20)/t12-/m0/s1. The summed E-state index contributed by atoms with van der Waals surface area (Å²) in [5.74, 6) is -0.335. The Morgan fingerprint density at radius 3 is 2.71 bits per heavy atom. The highest BCUT2D eigenvalue weighted by molar-refractivity contribution is 5.85. The number of carbonyl (C=O) groups excluding carboxylic acids is 1. The van der Waals surface area contributed by atoms with Gasteiger partial charge in [0.25, 0.3) is 0 Å². The normalized spacial score (nSPS) is 18.8. The highest BCUT2D eigenvalue weighted by Crippen LogP contribution is 2.21. The predicted octanol–water partition coefficient (Wildman–Crippen LogP) is 1.81. The molecule has 6 heteroatoms. The van der Waals surface area contributed by atoms with Crippen molar-refractivity contribution in [1.82, 2.24) is 10.1 Å². The Hall–Kier alpha value is -1.85. The van der Waals surface area contributed by atoms with E-state index in [1.165, 1.54) is 4.90 Å². The maximum absolute atomic E-state index is 12.5. The summed E-state index contributed by atoms with van der Waals surface area (Å²) in [5, 5.41) is 13.3. The molecule has 0 bridgehead atoms. The Bertz CT molecular complexity index is 502. The molecule has 1 aliphatic heterocycles. The minimum absolute atomic E-state index is 0.144. The Balaban J connectivity index is 2.16. The molecule has 1 saturated heterocycles. The smallest absolute Gasteiger partial charge is 0.326 e. The van der Waals surface area contributed by atoms with Crippen molar-refractivity contribution in [1.29, 1.82) is 0 Å². The van der Waals surface area contributed by atoms with Crippen molar-refractivity contribution in [2.75, 3.05) is 6.54 Å². The Morgan fingerprint density at radius 1 is 1.33 bits per heavy atom. The molecule has 1 aromatic rings. The van der Waals surface area contributed by atoms with Gasteiger partial charge in [0.2, 0.25) is 5.91 Å².